The van der Waals surface area contributed by atoms with E-state index in [0.717, 1.165) is 16.7 Å². The van der Waals surface area contributed by atoms with Crippen LogP contribution in [0.1, 0.15) is 24.5 Å². The number of amides is 1. The summed E-state index contributed by atoms with van der Waals surface area (Å²) in [6.07, 6.45) is 1.57. The molecule has 0 bridgehead atoms. The molecule has 198 valence electrons. The van der Waals surface area contributed by atoms with E-state index in [2.05, 4.69) is 20.3 Å². The second kappa shape index (κ2) is 10.0. The first-order chi connectivity index (χ1) is 18.7. The van der Waals surface area contributed by atoms with Crippen LogP contribution in [0.4, 0.5) is 14.6 Å². The van der Waals surface area contributed by atoms with Crippen molar-refractivity contribution < 1.29 is 13.6 Å². The molecule has 0 unspecified atom stereocenters. The average molecular weight is 532 g/mol. The van der Waals surface area contributed by atoms with Gasteiger partial charge in [0, 0.05) is 18.8 Å². The number of imidazole rings is 1. The van der Waals surface area contributed by atoms with Crippen molar-refractivity contribution in [2.45, 2.75) is 26.4 Å². The van der Waals surface area contributed by atoms with E-state index in [-0.39, 0.29) is 23.5 Å². The Kier molecular flexibility index (Phi) is 6.60. The first kappa shape index (κ1) is 25.6. The Labute approximate surface area is 220 Å². The average Bonchev–Trinajstić information content (AvgIpc) is 3.28. The molecule has 0 radical (unpaired) electrons. The molecule has 1 aromatic carbocycles. The fourth-order valence-electron chi connectivity index (χ4n) is 4.38. The Morgan fingerprint density at radius 1 is 1.03 bits per heavy atom. The number of pyridine rings is 2. The normalized spacial score (nSPS) is 12.0. The van der Waals surface area contributed by atoms with Gasteiger partial charge in [0.25, 0.3) is 5.56 Å². The quantitative estimate of drug-likeness (QED) is 0.360. The molecule has 5 rings (SSSR count). The predicted octanol–water partition coefficient (Wildman–Crippen LogP) is 3.19. The molecule has 39 heavy (non-hydrogen) atoms. The number of aromatic nitrogens is 6. The lowest BCUT2D eigenvalue weighted by atomic mass is 10.1. The molecule has 0 saturated carbocycles. The van der Waals surface area contributed by atoms with Gasteiger partial charge in [-0.3, -0.25) is 23.7 Å². The number of anilines is 1. The van der Waals surface area contributed by atoms with Gasteiger partial charge in [-0.25, -0.2) is 23.5 Å². The molecule has 0 aliphatic rings. The number of nitrogens with zero attached hydrogens (tertiary/aromatic N) is 6. The van der Waals surface area contributed by atoms with Crippen LogP contribution in [-0.2, 0) is 18.4 Å². The van der Waals surface area contributed by atoms with E-state index in [1.807, 2.05) is 0 Å². The SMILES string of the molecule is Cc1nc2c(c(=O)n(Cc3ccccn3)c(=O)n2C)n1[C@@H](C)C(=O)Nc1cccc(-c2ccc(F)c(F)c2)n1. The van der Waals surface area contributed by atoms with Gasteiger partial charge in [-0.15, -0.1) is 0 Å². The Bertz CT molecular complexity index is 1840. The number of hydrogen-bond donors (Lipinski definition) is 1. The van der Waals surface area contributed by atoms with Crippen LogP contribution in [-0.4, -0.2) is 34.6 Å². The maximum Gasteiger partial charge on any atom is 0.332 e. The van der Waals surface area contributed by atoms with Crippen molar-refractivity contribution in [2.75, 3.05) is 5.32 Å². The molecule has 1 amide bonds. The highest BCUT2D eigenvalue weighted by Crippen LogP contribution is 2.23. The van der Waals surface area contributed by atoms with Crippen LogP contribution in [0.15, 0.2) is 70.4 Å². The molecule has 0 aliphatic heterocycles. The van der Waals surface area contributed by atoms with Crippen LogP contribution >= 0.6 is 0 Å². The second-order valence-electron chi connectivity index (χ2n) is 8.96. The van der Waals surface area contributed by atoms with Crippen LogP contribution in [0.5, 0.6) is 0 Å². The van der Waals surface area contributed by atoms with Gasteiger partial charge in [-0.1, -0.05) is 12.1 Å². The molecule has 10 nitrogen and oxygen atoms in total. The third-order valence-electron chi connectivity index (χ3n) is 6.38. The molecular weight excluding hydrogens is 508 g/mol. The Morgan fingerprint density at radius 3 is 2.54 bits per heavy atom. The lowest BCUT2D eigenvalue weighted by molar-refractivity contribution is -0.118. The summed E-state index contributed by atoms with van der Waals surface area (Å²) in [5.74, 6) is -1.95. The molecule has 1 N–H and O–H groups in total. The summed E-state index contributed by atoms with van der Waals surface area (Å²) in [4.78, 5) is 52.8. The number of hydrogen-bond acceptors (Lipinski definition) is 6. The van der Waals surface area contributed by atoms with Crippen LogP contribution in [0, 0.1) is 18.6 Å². The van der Waals surface area contributed by atoms with Crippen molar-refractivity contribution in [3.8, 4) is 11.3 Å². The first-order valence-electron chi connectivity index (χ1n) is 12.0. The third-order valence-corrected chi connectivity index (χ3v) is 6.38. The minimum Gasteiger partial charge on any atom is -0.310 e. The number of fused-ring (bicyclic) bond motifs is 1. The van der Waals surface area contributed by atoms with Gasteiger partial charge in [-0.2, -0.15) is 0 Å². The molecule has 4 aromatic heterocycles. The summed E-state index contributed by atoms with van der Waals surface area (Å²) in [7, 11) is 1.51. The first-order valence-corrected chi connectivity index (χ1v) is 12.0. The predicted molar refractivity (Wildman–Crippen MR) is 140 cm³/mol. The summed E-state index contributed by atoms with van der Waals surface area (Å²) < 4.78 is 30.8. The number of aryl methyl sites for hydroxylation is 2. The zero-order chi connectivity index (χ0) is 27.8. The third kappa shape index (κ3) is 4.72. The maximum atomic E-state index is 13.7. The van der Waals surface area contributed by atoms with E-state index < -0.39 is 34.8 Å². The van der Waals surface area contributed by atoms with E-state index >= 15 is 0 Å². The van der Waals surface area contributed by atoms with Crippen molar-refractivity contribution in [1.29, 1.82) is 0 Å². The zero-order valence-corrected chi connectivity index (χ0v) is 21.2. The Hall–Kier alpha value is -5.00. The van der Waals surface area contributed by atoms with E-state index in [4.69, 9.17) is 0 Å². The van der Waals surface area contributed by atoms with E-state index in [1.54, 1.807) is 56.4 Å². The summed E-state index contributed by atoms with van der Waals surface area (Å²) >= 11 is 0. The van der Waals surface area contributed by atoms with Crippen molar-refractivity contribution in [3.63, 3.8) is 0 Å². The van der Waals surface area contributed by atoms with Gasteiger partial charge in [0.1, 0.15) is 17.7 Å². The van der Waals surface area contributed by atoms with Gasteiger partial charge in [0.2, 0.25) is 5.91 Å². The van der Waals surface area contributed by atoms with Crippen molar-refractivity contribution in [3.05, 3.63) is 105 Å². The molecule has 0 spiro atoms. The van der Waals surface area contributed by atoms with Crippen molar-refractivity contribution in [2.24, 2.45) is 7.05 Å². The highest BCUT2D eigenvalue weighted by atomic mass is 19.2. The smallest absolute Gasteiger partial charge is 0.310 e. The van der Waals surface area contributed by atoms with Gasteiger partial charge in [-0.05, 0) is 56.3 Å². The highest BCUT2D eigenvalue weighted by molar-refractivity contribution is 5.94. The zero-order valence-electron chi connectivity index (χ0n) is 21.2. The summed E-state index contributed by atoms with van der Waals surface area (Å²) in [5, 5.41) is 2.70. The Morgan fingerprint density at radius 2 is 1.82 bits per heavy atom. The lowest BCUT2D eigenvalue weighted by Crippen LogP contribution is -2.40. The molecule has 0 fully saturated rings. The Balaban J connectivity index is 1.50. The van der Waals surface area contributed by atoms with Gasteiger partial charge in [0.15, 0.2) is 22.8 Å². The summed E-state index contributed by atoms with van der Waals surface area (Å²) in [5.41, 5.74) is 0.279. The fraction of sp³-hybridized carbons (Fsp3) is 0.185. The van der Waals surface area contributed by atoms with Crippen LogP contribution in [0.2, 0.25) is 0 Å². The molecule has 0 saturated heterocycles. The van der Waals surface area contributed by atoms with E-state index in [0.29, 0.717) is 22.8 Å². The number of rotatable bonds is 6. The van der Waals surface area contributed by atoms with E-state index in [1.165, 1.54) is 22.2 Å². The molecule has 5 aromatic rings. The maximum absolute atomic E-state index is 13.7. The number of benzene rings is 1. The van der Waals surface area contributed by atoms with Crippen LogP contribution < -0.4 is 16.6 Å². The molecule has 0 aliphatic carbocycles. The van der Waals surface area contributed by atoms with Crippen LogP contribution in [0.3, 0.4) is 0 Å². The minimum absolute atomic E-state index is 0.0478. The molecular formula is C27H23F2N7O3. The molecule has 12 heteroatoms. The summed E-state index contributed by atoms with van der Waals surface area (Å²) in [6.45, 7) is 3.18. The second-order valence-corrected chi connectivity index (χ2v) is 8.96. The standard InChI is InChI=1S/C27H23F2N7O3/c1-15(25(37)33-22-9-6-8-21(32-22)17-10-11-19(28)20(29)13-17)36-16(2)31-24-23(36)26(38)35(27(39)34(24)3)14-18-7-4-5-12-30-18/h4-13,15H,14H2,1-3H3,(H,32,33,37)/t15-/m0/s1. The largest absolute Gasteiger partial charge is 0.332 e. The topological polar surface area (TPSA) is 117 Å². The minimum atomic E-state index is -1.01. The molecule has 1 atom stereocenters. The van der Waals surface area contributed by atoms with Gasteiger partial charge in [0.05, 0.1) is 17.9 Å². The number of carbonyl (C=O) groups is 1. The van der Waals surface area contributed by atoms with E-state index in [9.17, 15) is 23.2 Å². The highest BCUT2D eigenvalue weighted by Gasteiger charge is 2.25. The van der Waals surface area contributed by atoms with Gasteiger partial charge >= 0.3 is 5.69 Å². The monoisotopic (exact) mass is 531 g/mol. The number of nitrogens with one attached hydrogen (secondary N) is 1. The van der Waals surface area contributed by atoms with Crippen molar-refractivity contribution >= 4 is 22.9 Å². The summed E-state index contributed by atoms with van der Waals surface area (Å²) in [6, 6.07) is 12.5. The lowest BCUT2D eigenvalue weighted by Gasteiger charge is -2.17. The number of halogens is 2. The van der Waals surface area contributed by atoms with Gasteiger partial charge < -0.3 is 9.88 Å². The molecule has 4 heterocycles. The van der Waals surface area contributed by atoms with Crippen molar-refractivity contribution in [1.82, 2.24) is 28.7 Å². The number of carbonyl (C=O) groups excluding carboxylic acids is 1. The fourth-order valence-corrected chi connectivity index (χ4v) is 4.38. The van der Waals surface area contributed by atoms with Crippen LogP contribution in [0.25, 0.3) is 22.4 Å².